The highest BCUT2D eigenvalue weighted by Crippen LogP contribution is 2.35. The molecule has 1 aromatic heterocycles. The summed E-state index contributed by atoms with van der Waals surface area (Å²) in [5.74, 6) is -1.46. The van der Waals surface area contributed by atoms with Crippen LogP contribution in [0.15, 0.2) is 18.2 Å². The number of fused-ring (bicyclic) bond motifs is 2. The van der Waals surface area contributed by atoms with Crippen molar-refractivity contribution in [2.75, 3.05) is 17.6 Å². The van der Waals surface area contributed by atoms with Crippen LogP contribution in [0.25, 0.3) is 0 Å². The summed E-state index contributed by atoms with van der Waals surface area (Å²) in [4.78, 5) is 31.8. The molecule has 0 spiro atoms. The molecule has 8 heteroatoms. The maximum Gasteiger partial charge on any atom is 0.231 e. The summed E-state index contributed by atoms with van der Waals surface area (Å²) in [6.45, 7) is 0.962. The maximum atomic E-state index is 13.6. The van der Waals surface area contributed by atoms with Crippen LogP contribution < -0.4 is 11.1 Å². The standard InChI is InChI=1S/C16H15FN4O2S/c17-8-1-2-11-9(5-8)10(6-14(22)19-11)15(23)21-4-3-12-13(7-21)24-16(18)20-12/h1-2,5,10H,3-4,6-7H2,(H2,18,20)(H,19,22). The molecular formula is C16H15FN4O2S. The van der Waals surface area contributed by atoms with E-state index in [0.29, 0.717) is 35.9 Å². The molecule has 24 heavy (non-hydrogen) atoms. The van der Waals surface area contributed by atoms with Crippen molar-refractivity contribution in [3.63, 3.8) is 0 Å². The summed E-state index contributed by atoms with van der Waals surface area (Å²) in [6.07, 6.45) is 0.674. The number of benzene rings is 1. The molecule has 6 nitrogen and oxygen atoms in total. The average molecular weight is 346 g/mol. The summed E-state index contributed by atoms with van der Waals surface area (Å²) in [5, 5.41) is 3.19. The summed E-state index contributed by atoms with van der Waals surface area (Å²) < 4.78 is 13.6. The lowest BCUT2D eigenvalue weighted by molar-refractivity contribution is -0.135. The van der Waals surface area contributed by atoms with E-state index in [4.69, 9.17) is 5.73 Å². The molecule has 2 aromatic rings. The molecule has 3 heterocycles. The van der Waals surface area contributed by atoms with Crippen LogP contribution in [-0.4, -0.2) is 28.2 Å². The van der Waals surface area contributed by atoms with E-state index in [1.54, 1.807) is 4.90 Å². The molecule has 1 aromatic carbocycles. The second kappa shape index (κ2) is 5.55. The SMILES string of the molecule is Nc1nc2c(s1)CN(C(=O)C1CC(=O)Nc3ccc(F)cc31)CC2. The zero-order valence-electron chi connectivity index (χ0n) is 12.7. The molecular weight excluding hydrogens is 331 g/mol. The first kappa shape index (κ1) is 15.1. The molecule has 0 saturated heterocycles. The van der Waals surface area contributed by atoms with Crippen molar-refractivity contribution in [3.05, 3.63) is 40.2 Å². The number of carbonyl (C=O) groups is 2. The minimum absolute atomic E-state index is 0.0312. The van der Waals surface area contributed by atoms with Crippen LogP contribution in [0.4, 0.5) is 15.2 Å². The van der Waals surface area contributed by atoms with E-state index in [2.05, 4.69) is 10.3 Å². The number of nitrogens with one attached hydrogen (secondary N) is 1. The Morgan fingerprint density at radius 2 is 2.29 bits per heavy atom. The maximum absolute atomic E-state index is 13.6. The number of nitrogen functional groups attached to an aromatic ring is 1. The number of rotatable bonds is 1. The van der Waals surface area contributed by atoms with E-state index in [1.165, 1.54) is 29.5 Å². The minimum atomic E-state index is -0.656. The topological polar surface area (TPSA) is 88.3 Å². The Morgan fingerprint density at radius 1 is 1.46 bits per heavy atom. The summed E-state index contributed by atoms with van der Waals surface area (Å²) in [5.41, 5.74) is 7.71. The Hall–Kier alpha value is -2.48. The van der Waals surface area contributed by atoms with Gasteiger partial charge in [-0.1, -0.05) is 0 Å². The van der Waals surface area contributed by atoms with Crippen molar-refractivity contribution in [2.24, 2.45) is 0 Å². The molecule has 2 aliphatic rings. The van der Waals surface area contributed by atoms with Gasteiger partial charge in [0.2, 0.25) is 11.8 Å². The molecule has 3 N–H and O–H groups in total. The monoisotopic (exact) mass is 346 g/mol. The van der Waals surface area contributed by atoms with E-state index < -0.39 is 11.7 Å². The van der Waals surface area contributed by atoms with Crippen molar-refractivity contribution in [1.82, 2.24) is 9.88 Å². The predicted octanol–water partition coefficient (Wildman–Crippen LogP) is 1.88. The highest BCUT2D eigenvalue weighted by molar-refractivity contribution is 7.15. The lowest BCUT2D eigenvalue weighted by Gasteiger charge is -2.32. The third-order valence-electron chi connectivity index (χ3n) is 4.41. The number of anilines is 2. The predicted molar refractivity (Wildman–Crippen MR) is 88.0 cm³/mol. The van der Waals surface area contributed by atoms with Gasteiger partial charge in [0.05, 0.1) is 18.2 Å². The van der Waals surface area contributed by atoms with Crippen LogP contribution in [-0.2, 0) is 22.6 Å². The van der Waals surface area contributed by atoms with E-state index >= 15 is 0 Å². The zero-order valence-corrected chi connectivity index (χ0v) is 13.5. The fraction of sp³-hybridized carbons (Fsp3) is 0.312. The van der Waals surface area contributed by atoms with Gasteiger partial charge < -0.3 is 16.0 Å². The lowest BCUT2D eigenvalue weighted by atomic mass is 9.89. The number of aromatic nitrogens is 1. The van der Waals surface area contributed by atoms with Crippen LogP contribution in [0, 0.1) is 5.82 Å². The normalized spacial score (nSPS) is 19.5. The summed E-state index contributed by atoms with van der Waals surface area (Å²) in [7, 11) is 0. The first-order valence-electron chi connectivity index (χ1n) is 7.63. The van der Waals surface area contributed by atoms with E-state index in [0.717, 1.165) is 10.6 Å². The molecule has 2 amide bonds. The van der Waals surface area contributed by atoms with Crippen LogP contribution in [0.2, 0.25) is 0 Å². The van der Waals surface area contributed by atoms with Gasteiger partial charge in [-0.3, -0.25) is 9.59 Å². The van der Waals surface area contributed by atoms with Gasteiger partial charge in [-0.05, 0) is 23.8 Å². The number of nitrogens with two attached hydrogens (primary N) is 1. The van der Waals surface area contributed by atoms with Crippen LogP contribution >= 0.6 is 11.3 Å². The molecule has 1 unspecified atom stereocenters. The van der Waals surface area contributed by atoms with Crippen molar-refractivity contribution in [3.8, 4) is 0 Å². The number of hydrogen-bond acceptors (Lipinski definition) is 5. The number of carbonyl (C=O) groups excluding carboxylic acids is 2. The van der Waals surface area contributed by atoms with Gasteiger partial charge >= 0.3 is 0 Å². The lowest BCUT2D eigenvalue weighted by Crippen LogP contribution is -2.41. The number of halogens is 1. The number of nitrogens with zero attached hydrogens (tertiary/aromatic N) is 2. The number of hydrogen-bond donors (Lipinski definition) is 2. The second-order valence-corrected chi connectivity index (χ2v) is 7.08. The Morgan fingerprint density at radius 3 is 3.12 bits per heavy atom. The molecule has 124 valence electrons. The van der Waals surface area contributed by atoms with E-state index in [9.17, 15) is 14.0 Å². The molecule has 4 rings (SSSR count). The van der Waals surface area contributed by atoms with Crippen LogP contribution in [0.1, 0.15) is 28.5 Å². The number of amides is 2. The molecule has 0 saturated carbocycles. The molecule has 1 atom stereocenters. The highest BCUT2D eigenvalue weighted by Gasteiger charge is 2.35. The minimum Gasteiger partial charge on any atom is -0.375 e. The quantitative estimate of drug-likeness (QED) is 0.825. The molecule has 2 aliphatic heterocycles. The molecule has 0 bridgehead atoms. The third-order valence-corrected chi connectivity index (χ3v) is 5.32. The van der Waals surface area contributed by atoms with Crippen molar-refractivity contribution >= 4 is 34.0 Å². The van der Waals surface area contributed by atoms with Gasteiger partial charge in [0.25, 0.3) is 0 Å². The Kier molecular flexibility index (Phi) is 3.49. The first-order chi connectivity index (χ1) is 11.5. The molecule has 0 aliphatic carbocycles. The Bertz CT molecular complexity index is 851. The van der Waals surface area contributed by atoms with E-state index in [1.807, 2.05) is 0 Å². The average Bonchev–Trinajstić information content (AvgIpc) is 2.93. The Balaban J connectivity index is 1.63. The molecule has 0 radical (unpaired) electrons. The van der Waals surface area contributed by atoms with Gasteiger partial charge in [-0.2, -0.15) is 0 Å². The van der Waals surface area contributed by atoms with Gasteiger partial charge in [-0.15, -0.1) is 11.3 Å². The van der Waals surface area contributed by atoms with Crippen molar-refractivity contribution < 1.29 is 14.0 Å². The highest BCUT2D eigenvalue weighted by atomic mass is 32.1. The van der Waals surface area contributed by atoms with Gasteiger partial charge in [0.15, 0.2) is 5.13 Å². The van der Waals surface area contributed by atoms with Gasteiger partial charge in [0, 0.05) is 30.0 Å². The summed E-state index contributed by atoms with van der Waals surface area (Å²) in [6, 6.07) is 4.11. The third kappa shape index (κ3) is 2.52. The van der Waals surface area contributed by atoms with Crippen LogP contribution in [0.3, 0.4) is 0 Å². The Labute approximate surface area is 141 Å². The van der Waals surface area contributed by atoms with Crippen LogP contribution in [0.5, 0.6) is 0 Å². The van der Waals surface area contributed by atoms with Crippen molar-refractivity contribution in [2.45, 2.75) is 25.3 Å². The number of thiazole rings is 1. The molecule has 0 fully saturated rings. The van der Waals surface area contributed by atoms with Crippen molar-refractivity contribution in [1.29, 1.82) is 0 Å². The summed E-state index contributed by atoms with van der Waals surface area (Å²) >= 11 is 1.38. The fourth-order valence-electron chi connectivity index (χ4n) is 3.28. The zero-order chi connectivity index (χ0) is 16.8. The fourth-order valence-corrected chi connectivity index (χ4v) is 4.17. The van der Waals surface area contributed by atoms with E-state index in [-0.39, 0.29) is 18.2 Å². The first-order valence-corrected chi connectivity index (χ1v) is 8.45. The largest absolute Gasteiger partial charge is 0.375 e. The second-order valence-electron chi connectivity index (χ2n) is 5.97. The van der Waals surface area contributed by atoms with Gasteiger partial charge in [-0.25, -0.2) is 9.37 Å². The smallest absolute Gasteiger partial charge is 0.231 e. The van der Waals surface area contributed by atoms with Gasteiger partial charge in [0.1, 0.15) is 5.82 Å².